The molecule has 0 rings (SSSR count). The third kappa shape index (κ3) is 24.2. The molecule has 0 aliphatic heterocycles. The summed E-state index contributed by atoms with van der Waals surface area (Å²) in [6.45, 7) is 10.9. The summed E-state index contributed by atoms with van der Waals surface area (Å²) in [5, 5.41) is 5.38. The SMILES string of the molecule is CC.CC.COCC(=O)NCCCCNC(C)=O. The molecule has 0 aromatic carbocycles. The number of carbonyl (C=O) groups excluding carboxylic acids is 2. The lowest BCUT2D eigenvalue weighted by Gasteiger charge is -2.04. The zero-order valence-corrected chi connectivity index (χ0v) is 12.8. The van der Waals surface area contributed by atoms with Gasteiger partial charge in [0.05, 0.1) is 0 Å². The van der Waals surface area contributed by atoms with Crippen LogP contribution in [0.5, 0.6) is 0 Å². The van der Waals surface area contributed by atoms with Gasteiger partial charge in [0, 0.05) is 27.1 Å². The Labute approximate surface area is 112 Å². The van der Waals surface area contributed by atoms with Crippen molar-refractivity contribution in [1.29, 1.82) is 0 Å². The summed E-state index contributed by atoms with van der Waals surface area (Å²) in [7, 11) is 1.48. The molecule has 0 bridgehead atoms. The smallest absolute Gasteiger partial charge is 0.245 e. The van der Waals surface area contributed by atoms with Crippen LogP contribution >= 0.6 is 0 Å². The molecule has 0 saturated carbocycles. The van der Waals surface area contributed by atoms with Gasteiger partial charge in [0.25, 0.3) is 0 Å². The molecule has 5 heteroatoms. The van der Waals surface area contributed by atoms with Crippen molar-refractivity contribution in [2.45, 2.75) is 47.5 Å². The minimum absolute atomic E-state index is 0.0200. The summed E-state index contributed by atoms with van der Waals surface area (Å²) < 4.78 is 4.64. The summed E-state index contributed by atoms with van der Waals surface area (Å²) in [5.41, 5.74) is 0. The van der Waals surface area contributed by atoms with Crippen LogP contribution in [0.4, 0.5) is 0 Å². The van der Waals surface area contributed by atoms with E-state index in [2.05, 4.69) is 15.4 Å². The molecule has 0 atom stereocenters. The quantitative estimate of drug-likeness (QED) is 0.686. The highest BCUT2D eigenvalue weighted by atomic mass is 16.5. The molecular weight excluding hydrogens is 232 g/mol. The molecule has 0 unspecified atom stereocenters. The van der Waals surface area contributed by atoms with Gasteiger partial charge < -0.3 is 15.4 Å². The topological polar surface area (TPSA) is 67.4 Å². The van der Waals surface area contributed by atoms with Crippen molar-refractivity contribution in [3.8, 4) is 0 Å². The number of hydrogen-bond donors (Lipinski definition) is 2. The van der Waals surface area contributed by atoms with Crippen molar-refractivity contribution in [3.05, 3.63) is 0 Å². The first-order valence-corrected chi connectivity index (χ1v) is 6.67. The minimum Gasteiger partial charge on any atom is -0.375 e. The van der Waals surface area contributed by atoms with Gasteiger partial charge in [-0.05, 0) is 12.8 Å². The maximum Gasteiger partial charge on any atom is 0.245 e. The number of carbonyl (C=O) groups is 2. The standard InChI is InChI=1S/C9H18N2O3.2C2H6/c1-8(12)10-5-3-4-6-11-9(13)7-14-2;2*1-2/h3-7H2,1-2H3,(H,10,12)(H,11,13);2*1-2H3. The Bertz CT molecular complexity index is 185. The minimum atomic E-state index is -0.105. The maximum absolute atomic E-state index is 10.9. The van der Waals surface area contributed by atoms with Crippen LogP contribution in [0, 0.1) is 0 Å². The average Bonchev–Trinajstić information content (AvgIpc) is 2.38. The van der Waals surface area contributed by atoms with Crippen molar-refractivity contribution >= 4 is 11.8 Å². The van der Waals surface area contributed by atoms with Crippen LogP contribution in [-0.4, -0.2) is 38.6 Å². The summed E-state index contributed by atoms with van der Waals surface area (Å²) in [4.78, 5) is 21.4. The molecular formula is C13H30N2O3. The van der Waals surface area contributed by atoms with E-state index in [0.29, 0.717) is 13.1 Å². The number of ether oxygens (including phenoxy) is 1. The lowest BCUT2D eigenvalue weighted by Crippen LogP contribution is -2.28. The summed E-state index contributed by atoms with van der Waals surface area (Å²) >= 11 is 0. The molecule has 0 heterocycles. The number of methoxy groups -OCH3 is 1. The molecule has 0 saturated heterocycles. The Morgan fingerprint density at radius 3 is 1.78 bits per heavy atom. The Morgan fingerprint density at radius 1 is 0.944 bits per heavy atom. The Morgan fingerprint density at radius 2 is 1.39 bits per heavy atom. The van der Waals surface area contributed by atoms with E-state index in [9.17, 15) is 9.59 Å². The maximum atomic E-state index is 10.9. The first-order valence-electron chi connectivity index (χ1n) is 6.67. The van der Waals surface area contributed by atoms with Crippen molar-refractivity contribution in [1.82, 2.24) is 10.6 Å². The molecule has 110 valence electrons. The van der Waals surface area contributed by atoms with E-state index in [4.69, 9.17) is 0 Å². The second kappa shape index (κ2) is 21.2. The van der Waals surface area contributed by atoms with Gasteiger partial charge in [-0.2, -0.15) is 0 Å². The fraction of sp³-hybridized carbons (Fsp3) is 0.846. The van der Waals surface area contributed by atoms with Crippen LogP contribution in [0.3, 0.4) is 0 Å². The highest BCUT2D eigenvalue weighted by Gasteiger charge is 1.97. The number of rotatable bonds is 7. The summed E-state index contributed by atoms with van der Waals surface area (Å²) in [6.07, 6.45) is 1.72. The van der Waals surface area contributed by atoms with Crippen molar-refractivity contribution in [3.63, 3.8) is 0 Å². The number of unbranched alkanes of at least 4 members (excludes halogenated alkanes) is 1. The van der Waals surface area contributed by atoms with E-state index in [-0.39, 0.29) is 18.4 Å². The molecule has 2 amide bonds. The van der Waals surface area contributed by atoms with E-state index >= 15 is 0 Å². The van der Waals surface area contributed by atoms with Gasteiger partial charge in [-0.25, -0.2) is 0 Å². The van der Waals surface area contributed by atoms with E-state index in [0.717, 1.165) is 12.8 Å². The van der Waals surface area contributed by atoms with E-state index < -0.39 is 0 Å². The van der Waals surface area contributed by atoms with Crippen LogP contribution in [-0.2, 0) is 14.3 Å². The fourth-order valence-electron chi connectivity index (χ4n) is 0.924. The predicted molar refractivity (Wildman–Crippen MR) is 75.5 cm³/mol. The lowest BCUT2D eigenvalue weighted by atomic mass is 10.3. The molecule has 0 aliphatic rings. The first-order chi connectivity index (χ1) is 8.66. The van der Waals surface area contributed by atoms with Gasteiger partial charge in [0.2, 0.25) is 11.8 Å². The van der Waals surface area contributed by atoms with Gasteiger partial charge in [-0.3, -0.25) is 9.59 Å². The van der Waals surface area contributed by atoms with Crippen molar-refractivity contribution < 1.29 is 14.3 Å². The van der Waals surface area contributed by atoms with Crippen LogP contribution < -0.4 is 10.6 Å². The van der Waals surface area contributed by atoms with Gasteiger partial charge in [-0.15, -0.1) is 0 Å². The molecule has 0 fully saturated rings. The van der Waals surface area contributed by atoms with Gasteiger partial charge in [0.1, 0.15) is 6.61 Å². The molecule has 0 aliphatic carbocycles. The first kappa shape index (κ1) is 22.1. The largest absolute Gasteiger partial charge is 0.375 e. The second-order valence-corrected chi connectivity index (χ2v) is 2.97. The van der Waals surface area contributed by atoms with Gasteiger partial charge >= 0.3 is 0 Å². The van der Waals surface area contributed by atoms with Crippen LogP contribution in [0.15, 0.2) is 0 Å². The van der Waals surface area contributed by atoms with E-state index in [1.165, 1.54) is 14.0 Å². The summed E-state index contributed by atoms with van der Waals surface area (Å²) in [6, 6.07) is 0. The van der Waals surface area contributed by atoms with Crippen molar-refractivity contribution in [2.75, 3.05) is 26.8 Å². The van der Waals surface area contributed by atoms with Crippen LogP contribution in [0.25, 0.3) is 0 Å². The predicted octanol–water partition coefficient (Wildman–Crippen LogP) is 1.72. The van der Waals surface area contributed by atoms with Crippen LogP contribution in [0.1, 0.15) is 47.5 Å². The Kier molecular flexibility index (Phi) is 26.1. The average molecular weight is 262 g/mol. The van der Waals surface area contributed by atoms with E-state index in [1.807, 2.05) is 27.7 Å². The van der Waals surface area contributed by atoms with Gasteiger partial charge in [-0.1, -0.05) is 27.7 Å². The number of amides is 2. The molecule has 0 aromatic heterocycles. The second-order valence-electron chi connectivity index (χ2n) is 2.97. The fourth-order valence-corrected chi connectivity index (χ4v) is 0.924. The van der Waals surface area contributed by atoms with Gasteiger partial charge in [0.15, 0.2) is 0 Å². The highest BCUT2D eigenvalue weighted by Crippen LogP contribution is 1.84. The molecule has 0 aromatic rings. The number of nitrogens with one attached hydrogen (secondary N) is 2. The zero-order valence-electron chi connectivity index (χ0n) is 12.8. The Balaban J connectivity index is -0.000000506. The Hall–Kier alpha value is -1.10. The normalized spacial score (nSPS) is 8.11. The molecule has 0 spiro atoms. The molecule has 18 heavy (non-hydrogen) atoms. The number of hydrogen-bond acceptors (Lipinski definition) is 3. The molecule has 0 radical (unpaired) electrons. The van der Waals surface area contributed by atoms with E-state index in [1.54, 1.807) is 0 Å². The monoisotopic (exact) mass is 262 g/mol. The molecule has 2 N–H and O–H groups in total. The molecule has 5 nitrogen and oxygen atoms in total. The zero-order chi connectivity index (χ0) is 14.8. The highest BCUT2D eigenvalue weighted by molar-refractivity contribution is 5.77. The third-order valence-electron chi connectivity index (χ3n) is 1.58. The van der Waals surface area contributed by atoms with Crippen molar-refractivity contribution in [2.24, 2.45) is 0 Å². The lowest BCUT2D eigenvalue weighted by molar-refractivity contribution is -0.124. The summed E-state index contributed by atoms with van der Waals surface area (Å²) in [5.74, 6) is -0.125. The van der Waals surface area contributed by atoms with Crippen LogP contribution in [0.2, 0.25) is 0 Å². The third-order valence-corrected chi connectivity index (χ3v) is 1.58.